The Hall–Kier alpha value is -2.00. The molecule has 0 bridgehead atoms. The van der Waals surface area contributed by atoms with Crippen LogP contribution in [0.4, 0.5) is 0 Å². The van der Waals surface area contributed by atoms with Crippen LogP contribution in [0.2, 0.25) is 0 Å². The van der Waals surface area contributed by atoms with Gasteiger partial charge in [0.2, 0.25) is 0 Å². The number of aromatic hydroxyl groups is 2. The molecule has 0 saturated carbocycles. The first-order chi connectivity index (χ1) is 9.65. The molecule has 3 nitrogen and oxygen atoms in total. The van der Waals surface area contributed by atoms with E-state index in [4.69, 9.17) is 0 Å². The van der Waals surface area contributed by atoms with Crippen molar-refractivity contribution in [3.05, 3.63) is 59.2 Å². The monoisotopic (exact) mass is 269 g/mol. The highest BCUT2D eigenvalue weighted by molar-refractivity contribution is 5.44. The lowest BCUT2D eigenvalue weighted by Crippen LogP contribution is -2.22. The van der Waals surface area contributed by atoms with Gasteiger partial charge in [0.1, 0.15) is 11.5 Å². The summed E-state index contributed by atoms with van der Waals surface area (Å²) in [6.07, 6.45) is 1.91. The minimum atomic E-state index is 0.153. The smallest absolute Gasteiger partial charge is 0.119 e. The zero-order chi connectivity index (χ0) is 14.1. The minimum Gasteiger partial charge on any atom is -0.508 e. The zero-order valence-corrected chi connectivity index (χ0v) is 11.5. The van der Waals surface area contributed by atoms with Gasteiger partial charge in [0.25, 0.3) is 0 Å². The van der Waals surface area contributed by atoms with E-state index in [9.17, 15) is 10.2 Å². The molecule has 0 spiro atoms. The predicted molar refractivity (Wildman–Crippen MR) is 78.8 cm³/mol. The van der Waals surface area contributed by atoms with Gasteiger partial charge in [-0.05, 0) is 54.7 Å². The molecule has 20 heavy (non-hydrogen) atoms. The highest BCUT2D eigenvalue weighted by Gasteiger charge is 2.25. The molecule has 0 radical (unpaired) electrons. The SMILES string of the molecule is CC(NC1CCc2c(O)cccc21)c1cccc(O)c1. The summed E-state index contributed by atoms with van der Waals surface area (Å²) < 4.78 is 0. The number of benzene rings is 2. The van der Waals surface area contributed by atoms with E-state index >= 15 is 0 Å². The van der Waals surface area contributed by atoms with E-state index in [0.717, 1.165) is 24.0 Å². The van der Waals surface area contributed by atoms with Crippen LogP contribution in [0.25, 0.3) is 0 Å². The Morgan fingerprint density at radius 2 is 1.95 bits per heavy atom. The van der Waals surface area contributed by atoms with Crippen molar-refractivity contribution in [2.24, 2.45) is 0 Å². The third kappa shape index (κ3) is 2.37. The Morgan fingerprint density at radius 1 is 1.15 bits per heavy atom. The molecule has 2 aromatic rings. The molecular formula is C17H19NO2. The summed E-state index contributed by atoms with van der Waals surface area (Å²) in [6, 6.07) is 13.5. The Balaban J connectivity index is 1.79. The van der Waals surface area contributed by atoms with Crippen molar-refractivity contribution >= 4 is 0 Å². The van der Waals surface area contributed by atoms with E-state index in [1.165, 1.54) is 5.56 Å². The molecule has 0 saturated heterocycles. The van der Waals surface area contributed by atoms with Crippen LogP contribution in [0.1, 0.15) is 42.1 Å². The molecule has 0 heterocycles. The summed E-state index contributed by atoms with van der Waals surface area (Å²) in [7, 11) is 0. The van der Waals surface area contributed by atoms with Crippen molar-refractivity contribution in [2.75, 3.05) is 0 Å². The predicted octanol–water partition coefficient (Wildman–Crippen LogP) is 3.44. The Labute approximate surface area is 118 Å². The van der Waals surface area contributed by atoms with Crippen LogP contribution < -0.4 is 5.32 Å². The molecule has 3 rings (SSSR count). The number of phenols is 2. The molecule has 2 aromatic carbocycles. The summed E-state index contributed by atoms with van der Waals surface area (Å²) in [4.78, 5) is 0. The average molecular weight is 269 g/mol. The molecule has 2 unspecified atom stereocenters. The fraction of sp³-hybridized carbons (Fsp3) is 0.294. The van der Waals surface area contributed by atoms with Crippen molar-refractivity contribution in [1.29, 1.82) is 0 Å². The first kappa shape index (κ1) is 13.0. The second kappa shape index (κ2) is 5.17. The lowest BCUT2D eigenvalue weighted by atomic mass is 10.0. The molecule has 104 valence electrons. The van der Waals surface area contributed by atoms with Crippen molar-refractivity contribution in [3.63, 3.8) is 0 Å². The number of phenolic OH excluding ortho intramolecular Hbond substituents is 2. The largest absolute Gasteiger partial charge is 0.508 e. The Bertz CT molecular complexity index is 624. The number of hydrogen-bond acceptors (Lipinski definition) is 3. The fourth-order valence-electron chi connectivity index (χ4n) is 3.00. The van der Waals surface area contributed by atoms with Crippen LogP contribution in [0, 0.1) is 0 Å². The molecule has 0 aromatic heterocycles. The molecule has 0 amide bonds. The third-order valence-corrected chi connectivity index (χ3v) is 4.07. The normalized spacial score (nSPS) is 18.8. The van der Waals surface area contributed by atoms with E-state index in [1.807, 2.05) is 18.2 Å². The maximum atomic E-state index is 9.88. The molecule has 0 aliphatic heterocycles. The summed E-state index contributed by atoms with van der Waals surface area (Å²) >= 11 is 0. The number of fused-ring (bicyclic) bond motifs is 1. The molecule has 2 atom stereocenters. The van der Waals surface area contributed by atoms with Crippen LogP contribution in [-0.2, 0) is 6.42 Å². The highest BCUT2D eigenvalue weighted by Crippen LogP contribution is 2.37. The quantitative estimate of drug-likeness (QED) is 0.800. The third-order valence-electron chi connectivity index (χ3n) is 4.07. The van der Waals surface area contributed by atoms with Gasteiger partial charge in [0.15, 0.2) is 0 Å². The molecule has 3 heteroatoms. The highest BCUT2D eigenvalue weighted by atomic mass is 16.3. The van der Waals surface area contributed by atoms with Crippen LogP contribution in [-0.4, -0.2) is 10.2 Å². The second-order valence-electron chi connectivity index (χ2n) is 5.42. The van der Waals surface area contributed by atoms with Crippen LogP contribution in [0.5, 0.6) is 11.5 Å². The van der Waals surface area contributed by atoms with E-state index in [-0.39, 0.29) is 12.1 Å². The van der Waals surface area contributed by atoms with E-state index in [2.05, 4.69) is 18.3 Å². The average Bonchev–Trinajstić information content (AvgIpc) is 2.83. The van der Waals surface area contributed by atoms with Crippen molar-refractivity contribution in [1.82, 2.24) is 5.32 Å². The summed E-state index contributed by atoms with van der Waals surface area (Å²) in [5, 5.41) is 23.0. The lowest BCUT2D eigenvalue weighted by Gasteiger charge is -2.21. The van der Waals surface area contributed by atoms with Gasteiger partial charge < -0.3 is 15.5 Å². The van der Waals surface area contributed by atoms with Gasteiger partial charge in [-0.15, -0.1) is 0 Å². The van der Waals surface area contributed by atoms with Gasteiger partial charge in [-0.2, -0.15) is 0 Å². The van der Waals surface area contributed by atoms with E-state index in [1.54, 1.807) is 18.2 Å². The van der Waals surface area contributed by atoms with E-state index in [0.29, 0.717) is 11.5 Å². The second-order valence-corrected chi connectivity index (χ2v) is 5.42. The summed E-state index contributed by atoms with van der Waals surface area (Å²) in [5.74, 6) is 0.692. The number of rotatable bonds is 3. The maximum Gasteiger partial charge on any atom is 0.119 e. The van der Waals surface area contributed by atoms with Crippen LogP contribution >= 0.6 is 0 Å². The molecule has 0 fully saturated rings. The number of nitrogens with one attached hydrogen (secondary N) is 1. The van der Waals surface area contributed by atoms with Crippen molar-refractivity contribution in [3.8, 4) is 11.5 Å². The zero-order valence-electron chi connectivity index (χ0n) is 11.5. The Kier molecular flexibility index (Phi) is 3.36. The van der Waals surface area contributed by atoms with E-state index < -0.39 is 0 Å². The maximum absolute atomic E-state index is 9.88. The molecule has 3 N–H and O–H groups in total. The van der Waals surface area contributed by atoms with Gasteiger partial charge in [0.05, 0.1) is 0 Å². The van der Waals surface area contributed by atoms with Gasteiger partial charge in [-0.25, -0.2) is 0 Å². The van der Waals surface area contributed by atoms with Crippen molar-refractivity contribution < 1.29 is 10.2 Å². The molecular weight excluding hydrogens is 250 g/mol. The lowest BCUT2D eigenvalue weighted by molar-refractivity contribution is 0.455. The molecule has 1 aliphatic carbocycles. The topological polar surface area (TPSA) is 52.5 Å². The summed E-state index contributed by atoms with van der Waals surface area (Å²) in [5.41, 5.74) is 3.32. The first-order valence-electron chi connectivity index (χ1n) is 7.01. The van der Waals surface area contributed by atoms with Crippen LogP contribution in [0.3, 0.4) is 0 Å². The standard InChI is InChI=1S/C17H19NO2/c1-11(12-4-2-5-13(19)10-12)18-16-9-8-15-14(16)6-3-7-17(15)20/h2-7,10-11,16,18-20H,8-9H2,1H3. The van der Waals surface area contributed by atoms with Crippen LogP contribution in [0.15, 0.2) is 42.5 Å². The summed E-state index contributed by atoms with van der Waals surface area (Å²) in [6.45, 7) is 2.09. The van der Waals surface area contributed by atoms with Crippen molar-refractivity contribution in [2.45, 2.75) is 31.8 Å². The first-order valence-corrected chi connectivity index (χ1v) is 7.01. The van der Waals surface area contributed by atoms with Gasteiger partial charge in [0, 0.05) is 12.1 Å². The van der Waals surface area contributed by atoms with Gasteiger partial charge in [-0.3, -0.25) is 0 Å². The minimum absolute atomic E-state index is 0.153. The number of hydrogen-bond donors (Lipinski definition) is 3. The van der Waals surface area contributed by atoms with Gasteiger partial charge in [-0.1, -0.05) is 24.3 Å². The fourth-order valence-corrected chi connectivity index (χ4v) is 3.00. The Morgan fingerprint density at radius 3 is 2.75 bits per heavy atom. The van der Waals surface area contributed by atoms with Gasteiger partial charge >= 0.3 is 0 Å². The molecule has 1 aliphatic rings.